The van der Waals surface area contributed by atoms with E-state index in [1.807, 2.05) is 0 Å². The Balaban J connectivity index is 2.77. The molecule has 1 heterocycles. The van der Waals surface area contributed by atoms with E-state index in [9.17, 15) is 14.7 Å². The van der Waals surface area contributed by atoms with Crippen LogP contribution in [-0.4, -0.2) is 46.6 Å². The number of aliphatic hydroxyl groups is 1. The summed E-state index contributed by atoms with van der Waals surface area (Å²) in [4.78, 5) is 28.6. The number of hydrogen-bond donors (Lipinski definition) is 2. The molecule has 0 radical (unpaired) electrons. The minimum atomic E-state index is -0.690. The molecule has 0 saturated heterocycles. The maximum atomic E-state index is 12.2. The molecule has 0 unspecified atom stereocenters. The quantitative estimate of drug-likeness (QED) is 0.567. The largest absolute Gasteiger partial charge is 0.451 e. The number of aliphatic hydroxyl groups excluding tert-OH is 1. The normalized spacial score (nSPS) is 11.7. The SMILES string of the molecule is C=CCN(CC=C)C(=O)COC(=O)c1[nH]c(C)c([C@H](C)O)c1C. The smallest absolute Gasteiger partial charge is 0.355 e. The van der Waals surface area contributed by atoms with Gasteiger partial charge in [-0.15, -0.1) is 13.2 Å². The number of nitrogens with one attached hydrogen (secondary N) is 1. The molecule has 0 saturated carbocycles. The van der Waals surface area contributed by atoms with Crippen LogP contribution in [0.2, 0.25) is 0 Å². The molecule has 126 valence electrons. The van der Waals surface area contributed by atoms with Crippen LogP contribution in [0.25, 0.3) is 0 Å². The van der Waals surface area contributed by atoms with Gasteiger partial charge in [0, 0.05) is 24.3 Å². The Morgan fingerprint density at radius 3 is 2.30 bits per heavy atom. The lowest BCUT2D eigenvalue weighted by atomic mass is 10.1. The van der Waals surface area contributed by atoms with Gasteiger partial charge in [0.15, 0.2) is 6.61 Å². The van der Waals surface area contributed by atoms with Crippen molar-refractivity contribution in [3.05, 3.63) is 47.8 Å². The number of H-pyrrole nitrogens is 1. The van der Waals surface area contributed by atoms with E-state index < -0.39 is 12.1 Å². The zero-order chi connectivity index (χ0) is 17.6. The molecule has 1 aromatic rings. The van der Waals surface area contributed by atoms with E-state index in [0.717, 1.165) is 0 Å². The van der Waals surface area contributed by atoms with Gasteiger partial charge in [0.05, 0.1) is 6.10 Å². The molecular formula is C17H24N2O4. The van der Waals surface area contributed by atoms with E-state index in [1.165, 1.54) is 4.90 Å². The van der Waals surface area contributed by atoms with Gasteiger partial charge in [-0.3, -0.25) is 4.79 Å². The summed E-state index contributed by atoms with van der Waals surface area (Å²) in [6.07, 6.45) is 2.50. The summed E-state index contributed by atoms with van der Waals surface area (Å²) in [7, 11) is 0. The maximum Gasteiger partial charge on any atom is 0.355 e. The van der Waals surface area contributed by atoms with Gasteiger partial charge in [0.2, 0.25) is 0 Å². The molecular weight excluding hydrogens is 296 g/mol. The van der Waals surface area contributed by atoms with Gasteiger partial charge in [-0.25, -0.2) is 4.79 Å². The van der Waals surface area contributed by atoms with Crippen LogP contribution in [-0.2, 0) is 9.53 Å². The Bertz CT molecular complexity index is 592. The van der Waals surface area contributed by atoms with Gasteiger partial charge in [-0.1, -0.05) is 12.2 Å². The van der Waals surface area contributed by atoms with Crippen LogP contribution < -0.4 is 0 Å². The van der Waals surface area contributed by atoms with Crippen molar-refractivity contribution in [2.45, 2.75) is 26.9 Å². The third kappa shape index (κ3) is 4.56. The lowest BCUT2D eigenvalue weighted by molar-refractivity contribution is -0.133. The predicted octanol–water partition coefficient (Wildman–Crippen LogP) is 2.04. The van der Waals surface area contributed by atoms with Gasteiger partial charge >= 0.3 is 5.97 Å². The van der Waals surface area contributed by atoms with Crippen LogP contribution in [0.15, 0.2) is 25.3 Å². The summed E-state index contributed by atoms with van der Waals surface area (Å²) >= 11 is 0. The Morgan fingerprint density at radius 2 is 1.87 bits per heavy atom. The van der Waals surface area contributed by atoms with Crippen LogP contribution in [0.5, 0.6) is 0 Å². The molecule has 0 spiro atoms. The van der Waals surface area contributed by atoms with Gasteiger partial charge < -0.3 is 19.7 Å². The highest BCUT2D eigenvalue weighted by molar-refractivity contribution is 5.91. The van der Waals surface area contributed by atoms with E-state index in [2.05, 4.69) is 18.1 Å². The van der Waals surface area contributed by atoms with E-state index in [0.29, 0.717) is 29.9 Å². The number of nitrogens with zero attached hydrogens (tertiary/aromatic N) is 1. The number of hydrogen-bond acceptors (Lipinski definition) is 4. The van der Waals surface area contributed by atoms with Crippen molar-refractivity contribution in [3.8, 4) is 0 Å². The molecule has 0 aliphatic heterocycles. The van der Waals surface area contributed by atoms with Gasteiger partial charge in [0.25, 0.3) is 5.91 Å². The van der Waals surface area contributed by atoms with Gasteiger partial charge in [-0.05, 0) is 26.3 Å². The second-order valence-corrected chi connectivity index (χ2v) is 5.29. The lowest BCUT2D eigenvalue weighted by Crippen LogP contribution is -2.35. The fraction of sp³-hybridized carbons (Fsp3) is 0.412. The Hall–Kier alpha value is -2.34. The minimum absolute atomic E-state index is 0.255. The molecule has 1 atom stereocenters. The number of aromatic amines is 1. The molecule has 6 heteroatoms. The first-order valence-electron chi connectivity index (χ1n) is 7.37. The van der Waals surface area contributed by atoms with E-state index in [1.54, 1.807) is 32.9 Å². The van der Waals surface area contributed by atoms with Crippen molar-refractivity contribution < 1.29 is 19.4 Å². The maximum absolute atomic E-state index is 12.2. The fourth-order valence-electron chi connectivity index (χ4n) is 2.48. The highest BCUT2D eigenvalue weighted by Crippen LogP contribution is 2.24. The number of aryl methyl sites for hydroxylation is 1. The average Bonchev–Trinajstić information content (AvgIpc) is 2.79. The van der Waals surface area contributed by atoms with Crippen molar-refractivity contribution in [2.75, 3.05) is 19.7 Å². The lowest BCUT2D eigenvalue weighted by Gasteiger charge is -2.18. The van der Waals surface area contributed by atoms with Crippen molar-refractivity contribution in [3.63, 3.8) is 0 Å². The molecule has 0 aliphatic carbocycles. The molecule has 0 aromatic carbocycles. The summed E-state index contributed by atoms with van der Waals surface area (Å²) in [5.41, 5.74) is 2.26. The second-order valence-electron chi connectivity index (χ2n) is 5.29. The molecule has 1 aromatic heterocycles. The first-order valence-corrected chi connectivity index (χ1v) is 7.37. The molecule has 23 heavy (non-hydrogen) atoms. The molecule has 2 N–H and O–H groups in total. The molecule has 0 bridgehead atoms. The van der Waals surface area contributed by atoms with Gasteiger partial charge in [-0.2, -0.15) is 0 Å². The first-order chi connectivity index (χ1) is 10.8. The summed E-state index contributed by atoms with van der Waals surface area (Å²) in [6, 6.07) is 0. The van der Waals surface area contributed by atoms with Crippen molar-refractivity contribution in [1.29, 1.82) is 0 Å². The Kier molecular flexibility index (Phi) is 6.78. The molecule has 1 rings (SSSR count). The molecule has 1 amide bonds. The number of carbonyl (C=O) groups excluding carboxylic acids is 2. The molecule has 0 fully saturated rings. The summed E-state index contributed by atoms with van der Waals surface area (Å²) in [5.74, 6) is -0.946. The van der Waals surface area contributed by atoms with Crippen LogP contribution in [0.1, 0.15) is 40.3 Å². The van der Waals surface area contributed by atoms with Crippen molar-refractivity contribution >= 4 is 11.9 Å². The zero-order valence-electron chi connectivity index (χ0n) is 13.9. The van der Waals surface area contributed by atoms with Crippen molar-refractivity contribution in [2.24, 2.45) is 0 Å². The van der Waals surface area contributed by atoms with E-state index in [4.69, 9.17) is 4.74 Å². The van der Waals surface area contributed by atoms with Gasteiger partial charge in [0.1, 0.15) is 5.69 Å². The van der Waals surface area contributed by atoms with E-state index >= 15 is 0 Å². The Morgan fingerprint density at radius 1 is 1.30 bits per heavy atom. The van der Waals surface area contributed by atoms with Crippen LogP contribution in [0.3, 0.4) is 0 Å². The molecule has 6 nitrogen and oxygen atoms in total. The predicted molar refractivity (Wildman–Crippen MR) is 88.2 cm³/mol. The average molecular weight is 320 g/mol. The van der Waals surface area contributed by atoms with Crippen LogP contribution in [0.4, 0.5) is 0 Å². The standard InChI is InChI=1S/C17H24N2O4/c1-6-8-19(9-7-2)14(21)10-23-17(22)16-11(3)15(13(5)20)12(4)18-16/h6-7,13,18,20H,1-2,8-10H2,3-5H3/t13-/m0/s1. The number of ether oxygens (including phenoxy) is 1. The summed E-state index contributed by atoms with van der Waals surface area (Å²) in [6.45, 7) is 12.6. The highest BCUT2D eigenvalue weighted by atomic mass is 16.5. The monoisotopic (exact) mass is 320 g/mol. The zero-order valence-corrected chi connectivity index (χ0v) is 13.9. The first kappa shape index (κ1) is 18.7. The fourth-order valence-corrected chi connectivity index (χ4v) is 2.48. The van der Waals surface area contributed by atoms with E-state index in [-0.39, 0.29) is 18.2 Å². The number of rotatable bonds is 8. The van der Waals surface area contributed by atoms with Crippen LogP contribution >= 0.6 is 0 Å². The number of esters is 1. The number of carbonyl (C=O) groups is 2. The molecule has 0 aliphatic rings. The number of amides is 1. The third-order valence-corrected chi connectivity index (χ3v) is 3.50. The number of aromatic nitrogens is 1. The van der Waals surface area contributed by atoms with Crippen LogP contribution in [0, 0.1) is 13.8 Å². The Labute approximate surface area is 136 Å². The second kappa shape index (κ2) is 8.33. The minimum Gasteiger partial charge on any atom is -0.451 e. The topological polar surface area (TPSA) is 82.6 Å². The third-order valence-electron chi connectivity index (χ3n) is 3.50. The highest BCUT2D eigenvalue weighted by Gasteiger charge is 2.22. The van der Waals surface area contributed by atoms with Crippen molar-refractivity contribution in [1.82, 2.24) is 9.88 Å². The summed E-state index contributed by atoms with van der Waals surface area (Å²) in [5, 5.41) is 9.74. The summed E-state index contributed by atoms with van der Waals surface area (Å²) < 4.78 is 5.08.